The number of fused-ring (bicyclic) bond motifs is 2. The van der Waals surface area contributed by atoms with Crippen molar-refractivity contribution in [3.63, 3.8) is 0 Å². The summed E-state index contributed by atoms with van der Waals surface area (Å²) in [4.78, 5) is 11.2. The molecule has 0 aliphatic heterocycles. The summed E-state index contributed by atoms with van der Waals surface area (Å²) < 4.78 is 0. The smallest absolute Gasteiger partial charge is 0.335 e. The largest absolute Gasteiger partial charge is 0.478 e. The minimum atomic E-state index is -0.863. The van der Waals surface area contributed by atoms with Gasteiger partial charge in [0.25, 0.3) is 0 Å². The topological polar surface area (TPSA) is 37.3 Å². The molecule has 3 aliphatic carbocycles. The Balaban J connectivity index is 1.51. The molecule has 2 aromatic rings. The molecule has 2 unspecified atom stereocenters. The summed E-state index contributed by atoms with van der Waals surface area (Å²) in [7, 11) is 0. The van der Waals surface area contributed by atoms with Gasteiger partial charge >= 0.3 is 5.97 Å². The van der Waals surface area contributed by atoms with E-state index >= 15 is 0 Å². The first-order chi connectivity index (χ1) is 14.1. The first-order valence-corrected chi connectivity index (χ1v) is 11.3. The van der Waals surface area contributed by atoms with Crippen molar-refractivity contribution in [2.24, 2.45) is 5.92 Å². The lowest BCUT2D eigenvalue weighted by molar-refractivity contribution is 0.0697. The highest BCUT2D eigenvalue weighted by atomic mass is 16.4. The lowest BCUT2D eigenvalue weighted by Gasteiger charge is -2.43. The van der Waals surface area contributed by atoms with Gasteiger partial charge in [0.05, 0.1) is 5.56 Å². The standard InChI is InChI=1S/C28H32O2/c1-17-14-22-23(27(4,5)13-12-26(22,2)3)15-21(17)28-11-10-20(24(28)16-28)18-6-8-19(9-7-18)25(29)30/h6-10,14-15,24H,11-13,16H2,1-5H3,(H,29,30). The molecule has 30 heavy (non-hydrogen) atoms. The van der Waals surface area contributed by atoms with Crippen molar-refractivity contribution in [3.05, 3.63) is 75.9 Å². The Morgan fingerprint density at radius 1 is 0.933 bits per heavy atom. The van der Waals surface area contributed by atoms with Gasteiger partial charge in [-0.2, -0.15) is 0 Å². The molecule has 0 radical (unpaired) electrons. The van der Waals surface area contributed by atoms with Gasteiger partial charge in [0.15, 0.2) is 0 Å². The molecule has 2 atom stereocenters. The maximum Gasteiger partial charge on any atom is 0.335 e. The van der Waals surface area contributed by atoms with Crippen molar-refractivity contribution in [1.82, 2.24) is 0 Å². The second kappa shape index (κ2) is 6.09. The number of aryl methyl sites for hydroxylation is 1. The highest BCUT2D eigenvalue weighted by molar-refractivity contribution is 5.88. The van der Waals surface area contributed by atoms with Gasteiger partial charge in [-0.15, -0.1) is 0 Å². The number of aromatic carboxylic acids is 1. The third kappa shape index (κ3) is 2.72. The molecule has 5 rings (SSSR count). The zero-order valence-electron chi connectivity index (χ0n) is 18.8. The van der Waals surface area contributed by atoms with E-state index in [-0.39, 0.29) is 16.2 Å². The van der Waals surface area contributed by atoms with Crippen molar-refractivity contribution in [1.29, 1.82) is 0 Å². The number of carboxylic acid groups (broad SMARTS) is 1. The molecule has 0 heterocycles. The number of rotatable bonds is 3. The normalized spacial score (nSPS) is 27.8. The molecular formula is C28H32O2. The molecule has 2 aromatic carbocycles. The van der Waals surface area contributed by atoms with Crippen LogP contribution in [0, 0.1) is 12.8 Å². The predicted octanol–water partition coefficient (Wildman–Crippen LogP) is 6.79. The van der Waals surface area contributed by atoms with Crippen molar-refractivity contribution in [2.45, 2.75) is 76.5 Å². The molecule has 0 aromatic heterocycles. The number of carboxylic acids is 1. The zero-order valence-corrected chi connectivity index (χ0v) is 18.8. The van der Waals surface area contributed by atoms with Crippen LogP contribution in [0.15, 0.2) is 42.5 Å². The zero-order chi connectivity index (χ0) is 21.5. The minimum absolute atomic E-state index is 0.232. The van der Waals surface area contributed by atoms with Gasteiger partial charge in [0, 0.05) is 5.41 Å². The Morgan fingerprint density at radius 2 is 1.53 bits per heavy atom. The molecule has 1 saturated carbocycles. The number of carbonyl (C=O) groups is 1. The summed E-state index contributed by atoms with van der Waals surface area (Å²) in [5.41, 5.74) is 9.76. The van der Waals surface area contributed by atoms with Crippen LogP contribution in [0.4, 0.5) is 0 Å². The SMILES string of the molecule is Cc1cc2c(cc1C13CC=C(c4ccc(C(=O)O)cc4)C1C3)C(C)(C)CCC2(C)C. The maximum atomic E-state index is 11.2. The van der Waals surface area contributed by atoms with Crippen LogP contribution >= 0.6 is 0 Å². The van der Waals surface area contributed by atoms with Crippen LogP contribution in [0.2, 0.25) is 0 Å². The molecule has 1 N–H and O–H groups in total. The van der Waals surface area contributed by atoms with E-state index in [4.69, 9.17) is 0 Å². The van der Waals surface area contributed by atoms with Gasteiger partial charge in [-0.05, 0) is 94.9 Å². The van der Waals surface area contributed by atoms with Crippen molar-refractivity contribution in [3.8, 4) is 0 Å². The van der Waals surface area contributed by atoms with E-state index in [1.165, 1.54) is 36.0 Å². The summed E-state index contributed by atoms with van der Waals surface area (Å²) in [5, 5.41) is 9.18. The average molecular weight is 401 g/mol. The molecule has 1 fully saturated rings. The average Bonchev–Trinajstić information content (AvgIpc) is 3.30. The second-order valence-corrected chi connectivity index (χ2v) is 11.1. The van der Waals surface area contributed by atoms with Gasteiger partial charge in [-0.1, -0.05) is 58.0 Å². The van der Waals surface area contributed by atoms with Gasteiger partial charge in [-0.3, -0.25) is 0 Å². The molecule has 156 valence electrons. The van der Waals surface area contributed by atoms with Gasteiger partial charge in [-0.25, -0.2) is 4.79 Å². The summed E-state index contributed by atoms with van der Waals surface area (Å²) in [5.74, 6) is -0.303. The summed E-state index contributed by atoms with van der Waals surface area (Å²) in [6.45, 7) is 11.9. The predicted molar refractivity (Wildman–Crippen MR) is 122 cm³/mol. The van der Waals surface area contributed by atoms with E-state index in [0.29, 0.717) is 11.5 Å². The van der Waals surface area contributed by atoms with Crippen LogP contribution in [-0.4, -0.2) is 11.1 Å². The number of allylic oxidation sites excluding steroid dienone is 2. The van der Waals surface area contributed by atoms with Crippen LogP contribution < -0.4 is 0 Å². The fraction of sp³-hybridized carbons (Fsp3) is 0.464. The summed E-state index contributed by atoms with van der Waals surface area (Å²) in [6.07, 6.45) is 7.20. The molecular weight excluding hydrogens is 368 g/mol. The van der Waals surface area contributed by atoms with Gasteiger partial charge in [0.2, 0.25) is 0 Å². The number of hydrogen-bond donors (Lipinski definition) is 1. The van der Waals surface area contributed by atoms with Crippen LogP contribution in [0.1, 0.15) is 91.6 Å². The Hall–Kier alpha value is -2.35. The van der Waals surface area contributed by atoms with Crippen molar-refractivity contribution in [2.75, 3.05) is 0 Å². The first-order valence-electron chi connectivity index (χ1n) is 11.3. The van der Waals surface area contributed by atoms with Gasteiger partial charge < -0.3 is 5.11 Å². The number of benzene rings is 2. The maximum absolute atomic E-state index is 11.2. The third-order valence-corrected chi connectivity index (χ3v) is 8.34. The number of hydrogen-bond acceptors (Lipinski definition) is 1. The van der Waals surface area contributed by atoms with Crippen LogP contribution in [0.3, 0.4) is 0 Å². The van der Waals surface area contributed by atoms with E-state index in [9.17, 15) is 9.90 Å². The van der Waals surface area contributed by atoms with E-state index in [1.807, 2.05) is 12.1 Å². The second-order valence-electron chi connectivity index (χ2n) is 11.1. The Kier molecular flexibility index (Phi) is 3.98. The lowest BCUT2D eigenvalue weighted by atomic mass is 9.62. The van der Waals surface area contributed by atoms with Crippen molar-refractivity contribution < 1.29 is 9.90 Å². The quantitative estimate of drug-likeness (QED) is 0.616. The van der Waals surface area contributed by atoms with E-state index < -0.39 is 5.97 Å². The molecule has 3 aliphatic rings. The molecule has 0 amide bonds. The molecule has 2 heteroatoms. The minimum Gasteiger partial charge on any atom is -0.478 e. The highest BCUT2D eigenvalue weighted by Gasteiger charge is 2.60. The lowest BCUT2D eigenvalue weighted by Crippen LogP contribution is -2.34. The van der Waals surface area contributed by atoms with Crippen LogP contribution in [0.25, 0.3) is 5.57 Å². The van der Waals surface area contributed by atoms with E-state index in [1.54, 1.807) is 28.8 Å². The summed E-state index contributed by atoms with van der Waals surface area (Å²) >= 11 is 0. The van der Waals surface area contributed by atoms with E-state index in [2.05, 4.69) is 52.8 Å². The van der Waals surface area contributed by atoms with Crippen LogP contribution in [-0.2, 0) is 16.2 Å². The fourth-order valence-corrected chi connectivity index (χ4v) is 6.16. The molecule has 0 spiro atoms. The van der Waals surface area contributed by atoms with Gasteiger partial charge in [0.1, 0.15) is 0 Å². The third-order valence-electron chi connectivity index (χ3n) is 8.34. The van der Waals surface area contributed by atoms with E-state index in [0.717, 1.165) is 6.42 Å². The fourth-order valence-electron chi connectivity index (χ4n) is 6.16. The Bertz CT molecular complexity index is 1080. The Labute approximate surface area is 180 Å². The van der Waals surface area contributed by atoms with Crippen molar-refractivity contribution >= 4 is 11.5 Å². The molecule has 0 bridgehead atoms. The molecule has 0 saturated heterocycles. The summed E-state index contributed by atoms with van der Waals surface area (Å²) in [6, 6.07) is 12.5. The Morgan fingerprint density at radius 3 is 2.10 bits per heavy atom. The van der Waals surface area contributed by atoms with Crippen LogP contribution in [0.5, 0.6) is 0 Å². The monoisotopic (exact) mass is 400 g/mol. The highest BCUT2D eigenvalue weighted by Crippen LogP contribution is 2.67. The molecule has 2 nitrogen and oxygen atoms in total. The first kappa shape index (κ1) is 19.6.